The van der Waals surface area contributed by atoms with Crippen LogP contribution in [0.25, 0.3) is 11.1 Å². The molecule has 1 aromatic carbocycles. The molecule has 0 aliphatic carbocycles. The quantitative estimate of drug-likeness (QED) is 0.495. The van der Waals surface area contributed by atoms with Crippen LogP contribution in [-0.4, -0.2) is 24.9 Å². The summed E-state index contributed by atoms with van der Waals surface area (Å²) >= 11 is 3.18. The highest BCUT2D eigenvalue weighted by atomic mass is 32.1. The van der Waals surface area contributed by atoms with Gasteiger partial charge in [-0.25, -0.2) is 0 Å². The van der Waals surface area contributed by atoms with Crippen molar-refractivity contribution in [3.63, 3.8) is 0 Å². The van der Waals surface area contributed by atoms with Gasteiger partial charge in [-0.1, -0.05) is 38.8 Å². The number of thiophene rings is 2. The summed E-state index contributed by atoms with van der Waals surface area (Å²) in [4.78, 5) is 32.9. The minimum Gasteiger partial charge on any atom is -0.308 e. The molecule has 6 heteroatoms. The van der Waals surface area contributed by atoms with E-state index in [0.29, 0.717) is 13.1 Å². The monoisotopic (exact) mass is 462 g/mol. The Hall–Kier alpha value is -2.70. The Morgan fingerprint density at radius 2 is 1.16 bits per heavy atom. The molecule has 0 saturated carbocycles. The Balaban J connectivity index is 1.79. The molecule has 2 aliphatic heterocycles. The molecule has 0 atom stereocenters. The maximum Gasteiger partial charge on any atom is 0.260 e. The number of amides is 2. The average Bonchev–Trinajstić information content (AvgIpc) is 3.57. The molecule has 0 fully saturated rings. The normalized spacial score (nSPS) is 15.2. The van der Waals surface area contributed by atoms with Crippen molar-refractivity contribution in [3.8, 4) is 0 Å². The molecular weight excluding hydrogens is 436 g/mol. The van der Waals surface area contributed by atoms with Crippen LogP contribution in [0, 0.1) is 0 Å². The lowest BCUT2D eigenvalue weighted by molar-refractivity contribution is -0.113. The number of anilines is 2. The van der Waals surface area contributed by atoms with E-state index in [4.69, 9.17) is 0 Å². The van der Waals surface area contributed by atoms with Gasteiger partial charge >= 0.3 is 0 Å². The van der Waals surface area contributed by atoms with Crippen LogP contribution in [0.15, 0.2) is 47.2 Å². The average molecular weight is 463 g/mol. The van der Waals surface area contributed by atoms with Crippen molar-refractivity contribution in [2.45, 2.75) is 39.5 Å². The van der Waals surface area contributed by atoms with E-state index < -0.39 is 0 Å². The molecule has 2 amide bonds. The highest BCUT2D eigenvalue weighted by Gasteiger charge is 2.35. The van der Waals surface area contributed by atoms with E-state index in [1.165, 1.54) is 0 Å². The maximum atomic E-state index is 13.5. The summed E-state index contributed by atoms with van der Waals surface area (Å²) in [7, 11) is 0. The molecule has 4 heterocycles. The third kappa shape index (κ3) is 3.33. The highest BCUT2D eigenvalue weighted by Crippen LogP contribution is 2.33. The topological polar surface area (TPSA) is 40.6 Å². The summed E-state index contributed by atoms with van der Waals surface area (Å²) in [5.74, 6) is 0.146. The summed E-state index contributed by atoms with van der Waals surface area (Å²) < 4.78 is 0. The molecule has 0 radical (unpaired) electrons. The Labute approximate surface area is 196 Å². The molecule has 0 N–H and O–H groups in total. The van der Waals surface area contributed by atoms with Gasteiger partial charge in [-0.05, 0) is 47.9 Å². The predicted octanol–water partition coefficient (Wildman–Crippen LogP) is 4.50. The number of unbranched alkanes of at least 4 members (excludes halogenated alkanes) is 2. The van der Waals surface area contributed by atoms with E-state index in [-0.39, 0.29) is 11.8 Å². The van der Waals surface area contributed by atoms with Crippen molar-refractivity contribution in [2.24, 2.45) is 0 Å². The van der Waals surface area contributed by atoms with Crippen molar-refractivity contribution in [1.29, 1.82) is 0 Å². The van der Waals surface area contributed by atoms with Crippen molar-refractivity contribution in [1.82, 2.24) is 0 Å². The van der Waals surface area contributed by atoms with Crippen molar-refractivity contribution in [2.75, 3.05) is 22.9 Å². The molecule has 4 nitrogen and oxygen atoms in total. The number of hydrogen-bond donors (Lipinski definition) is 0. The first-order valence-corrected chi connectivity index (χ1v) is 13.1. The fourth-order valence-electron chi connectivity index (χ4n) is 4.54. The molecule has 2 aliphatic rings. The Morgan fingerprint density at radius 3 is 1.50 bits per heavy atom. The second-order valence-electron chi connectivity index (χ2n) is 8.21. The summed E-state index contributed by atoms with van der Waals surface area (Å²) in [6.07, 6.45) is 3.94. The van der Waals surface area contributed by atoms with E-state index in [0.717, 1.165) is 68.4 Å². The smallest absolute Gasteiger partial charge is 0.260 e. The van der Waals surface area contributed by atoms with Gasteiger partial charge in [0.15, 0.2) is 0 Å². The van der Waals surface area contributed by atoms with Gasteiger partial charge in [0.25, 0.3) is 11.8 Å². The lowest BCUT2D eigenvalue weighted by atomic mass is 10.1. The largest absolute Gasteiger partial charge is 0.308 e. The first kappa shape index (κ1) is 21.2. The molecule has 0 bridgehead atoms. The van der Waals surface area contributed by atoms with Crippen molar-refractivity contribution < 1.29 is 9.59 Å². The summed E-state index contributed by atoms with van der Waals surface area (Å²) in [5.41, 5.74) is 3.40. The highest BCUT2D eigenvalue weighted by molar-refractivity contribution is 7.11. The van der Waals surface area contributed by atoms with Crippen LogP contribution in [0.2, 0.25) is 0 Å². The van der Waals surface area contributed by atoms with E-state index in [9.17, 15) is 9.59 Å². The second-order valence-corrected chi connectivity index (χ2v) is 10.1. The molecule has 2 aromatic heterocycles. The van der Waals surface area contributed by atoms with Crippen LogP contribution in [-0.2, 0) is 9.59 Å². The van der Waals surface area contributed by atoms with E-state index in [2.05, 4.69) is 26.0 Å². The van der Waals surface area contributed by atoms with Crippen LogP contribution in [0.4, 0.5) is 11.4 Å². The van der Waals surface area contributed by atoms with Crippen LogP contribution in [0.3, 0.4) is 0 Å². The summed E-state index contributed by atoms with van der Waals surface area (Å²) in [6.45, 7) is 5.66. The summed E-state index contributed by atoms with van der Waals surface area (Å²) in [6, 6.07) is 12.2. The van der Waals surface area contributed by atoms with E-state index in [1.807, 2.05) is 44.8 Å². The lowest BCUT2D eigenvalue weighted by Gasteiger charge is -2.20. The number of benzene rings is 1. The van der Waals surface area contributed by atoms with Gasteiger partial charge in [-0.2, -0.15) is 0 Å². The Bertz CT molecular complexity index is 1190. The molecule has 32 heavy (non-hydrogen) atoms. The van der Waals surface area contributed by atoms with Crippen molar-refractivity contribution in [3.05, 3.63) is 67.3 Å². The number of hydrogen-bond acceptors (Lipinski definition) is 4. The van der Waals surface area contributed by atoms with Crippen LogP contribution >= 0.6 is 22.7 Å². The van der Waals surface area contributed by atoms with Crippen LogP contribution in [0.1, 0.15) is 49.3 Å². The predicted molar refractivity (Wildman–Crippen MR) is 134 cm³/mol. The van der Waals surface area contributed by atoms with Crippen molar-refractivity contribution >= 4 is 57.0 Å². The molecule has 164 valence electrons. The van der Waals surface area contributed by atoms with Gasteiger partial charge in [0, 0.05) is 33.3 Å². The second kappa shape index (κ2) is 8.68. The number of carbonyl (C=O) groups excluding carboxylic acids is 2. The minimum absolute atomic E-state index is 0.0729. The Kier molecular flexibility index (Phi) is 5.74. The van der Waals surface area contributed by atoms with Gasteiger partial charge < -0.3 is 9.80 Å². The van der Waals surface area contributed by atoms with E-state index in [1.54, 1.807) is 22.7 Å². The third-order valence-electron chi connectivity index (χ3n) is 6.16. The minimum atomic E-state index is 0.0729. The zero-order valence-electron chi connectivity index (χ0n) is 18.4. The van der Waals surface area contributed by atoms with Gasteiger partial charge in [0.2, 0.25) is 0 Å². The first-order valence-electron chi connectivity index (χ1n) is 11.3. The van der Waals surface area contributed by atoms with Crippen LogP contribution in [0.5, 0.6) is 0 Å². The third-order valence-corrected chi connectivity index (χ3v) is 7.93. The van der Waals surface area contributed by atoms with Gasteiger partial charge in [-0.3, -0.25) is 9.59 Å². The van der Waals surface area contributed by atoms with Gasteiger partial charge in [0.1, 0.15) is 0 Å². The zero-order chi connectivity index (χ0) is 22.2. The van der Waals surface area contributed by atoms with Crippen LogP contribution < -0.4 is 20.2 Å². The molecule has 0 spiro atoms. The fraction of sp³-hybridized carbons (Fsp3) is 0.308. The number of fused-ring (bicyclic) bond motifs is 2. The SMILES string of the molecule is CCCCN1C(=O)C(c2cccs2)=c2cc3c(cc21)=C(c1cccs1)C(=O)N3CCCC. The van der Waals surface area contributed by atoms with E-state index >= 15 is 0 Å². The zero-order valence-corrected chi connectivity index (χ0v) is 20.0. The molecule has 3 aromatic rings. The standard InChI is InChI=1S/C26H26N2O2S2/c1-3-5-11-27-19-15-18-20(16-17(19)23(25(27)29)21-9-7-13-31-21)28(12-6-4-2)26(30)24(18)22-10-8-14-32-22/h7-10,13-16H,3-6,11-12H2,1-2H3. The molecule has 0 saturated heterocycles. The number of rotatable bonds is 8. The van der Waals surface area contributed by atoms with Gasteiger partial charge in [-0.15, -0.1) is 22.7 Å². The molecule has 0 unspecified atom stereocenters. The maximum absolute atomic E-state index is 13.5. The van der Waals surface area contributed by atoms with Gasteiger partial charge in [0.05, 0.1) is 22.5 Å². The number of carbonyl (C=O) groups is 2. The molecular formula is C26H26N2O2S2. The lowest BCUT2D eigenvalue weighted by Crippen LogP contribution is -2.31. The fourth-order valence-corrected chi connectivity index (χ4v) is 6.09. The first-order chi connectivity index (χ1) is 15.7. The number of nitrogens with zero attached hydrogens (tertiary/aromatic N) is 2. The molecule has 5 rings (SSSR count). The Morgan fingerprint density at radius 1 is 0.719 bits per heavy atom. The summed E-state index contributed by atoms with van der Waals surface area (Å²) in [5, 5.41) is 5.93.